The van der Waals surface area contributed by atoms with E-state index in [1.807, 2.05) is 10.3 Å². The van der Waals surface area contributed by atoms with Gasteiger partial charge in [-0.15, -0.1) is 11.3 Å². The summed E-state index contributed by atoms with van der Waals surface area (Å²) in [5.41, 5.74) is 2.82. The maximum absolute atomic E-state index is 12.4. The summed E-state index contributed by atoms with van der Waals surface area (Å²) in [6.07, 6.45) is 4.58. The fourth-order valence-corrected chi connectivity index (χ4v) is 2.64. The van der Waals surface area contributed by atoms with Crippen molar-refractivity contribution in [3.8, 4) is 0 Å². The summed E-state index contributed by atoms with van der Waals surface area (Å²) in [6, 6.07) is 0.303. The first-order valence-corrected chi connectivity index (χ1v) is 7.17. The predicted octanol–water partition coefficient (Wildman–Crippen LogP) is 0.900. The van der Waals surface area contributed by atoms with E-state index in [0.717, 1.165) is 17.8 Å². The van der Waals surface area contributed by atoms with Gasteiger partial charge in [0.25, 0.3) is 5.91 Å². The Kier molecular flexibility index (Phi) is 3.29. The Balaban J connectivity index is 1.73. The third-order valence-corrected chi connectivity index (χ3v) is 3.95. The van der Waals surface area contributed by atoms with Gasteiger partial charge >= 0.3 is 0 Å². The van der Waals surface area contributed by atoms with Crippen LogP contribution in [0.1, 0.15) is 30.7 Å². The van der Waals surface area contributed by atoms with E-state index >= 15 is 0 Å². The van der Waals surface area contributed by atoms with Gasteiger partial charge in [-0.2, -0.15) is 5.10 Å². The summed E-state index contributed by atoms with van der Waals surface area (Å²) in [6.45, 7) is 0.536. The number of amides is 2. The first-order chi connectivity index (χ1) is 9.24. The van der Waals surface area contributed by atoms with Crippen molar-refractivity contribution in [2.45, 2.75) is 38.3 Å². The van der Waals surface area contributed by atoms with Crippen LogP contribution >= 0.6 is 11.3 Å². The molecule has 1 aliphatic carbocycles. The highest BCUT2D eigenvalue weighted by Crippen LogP contribution is 2.29. The summed E-state index contributed by atoms with van der Waals surface area (Å²) in [5.74, 6) is -0.202. The van der Waals surface area contributed by atoms with Gasteiger partial charge in [0.2, 0.25) is 5.91 Å². The van der Waals surface area contributed by atoms with Gasteiger partial charge in [0.15, 0.2) is 0 Å². The number of carbonyl (C=O) groups excluding carboxylic acids is 2. The van der Waals surface area contributed by atoms with Crippen LogP contribution in [0.25, 0.3) is 0 Å². The van der Waals surface area contributed by atoms with E-state index in [2.05, 4.69) is 15.5 Å². The molecule has 1 aliphatic heterocycles. The van der Waals surface area contributed by atoms with Gasteiger partial charge in [0, 0.05) is 30.5 Å². The van der Waals surface area contributed by atoms with Crippen molar-refractivity contribution >= 4 is 28.9 Å². The quantitative estimate of drug-likeness (QED) is 0.889. The molecule has 0 spiro atoms. The number of hydrogen-bond acceptors (Lipinski definition) is 5. The fourth-order valence-electron chi connectivity index (χ4n) is 2.02. The normalized spacial score (nSPS) is 18.7. The van der Waals surface area contributed by atoms with E-state index in [-0.39, 0.29) is 11.8 Å². The van der Waals surface area contributed by atoms with Gasteiger partial charge < -0.3 is 4.90 Å². The van der Waals surface area contributed by atoms with E-state index in [1.165, 1.54) is 0 Å². The maximum Gasteiger partial charge on any atom is 0.270 e. The first-order valence-electron chi connectivity index (χ1n) is 6.29. The lowest BCUT2D eigenvalue weighted by atomic mass is 10.1. The molecule has 0 radical (unpaired) electrons. The van der Waals surface area contributed by atoms with Crippen LogP contribution in [0.3, 0.4) is 0 Å². The zero-order valence-electron chi connectivity index (χ0n) is 10.3. The molecule has 1 aromatic heterocycles. The average molecular weight is 278 g/mol. The lowest BCUT2D eigenvalue weighted by Gasteiger charge is -2.23. The van der Waals surface area contributed by atoms with Crippen LogP contribution in [-0.2, 0) is 16.1 Å². The van der Waals surface area contributed by atoms with Gasteiger partial charge in [0.05, 0.1) is 6.54 Å². The van der Waals surface area contributed by atoms with Crippen LogP contribution in [0.5, 0.6) is 0 Å². The second kappa shape index (κ2) is 5.08. The standard InChI is InChI=1S/C12H14N4O2S/c17-10-4-3-9(14-15-10)12(18)16(8-1-2-8)7-11-13-5-6-19-11/h5-6,8H,1-4,7H2,(H,15,17). The third-order valence-electron chi connectivity index (χ3n) is 3.19. The smallest absolute Gasteiger partial charge is 0.270 e. The van der Waals surface area contributed by atoms with Crippen molar-refractivity contribution in [3.05, 3.63) is 16.6 Å². The van der Waals surface area contributed by atoms with Crippen LogP contribution in [0.4, 0.5) is 0 Å². The van der Waals surface area contributed by atoms with E-state index in [0.29, 0.717) is 31.1 Å². The van der Waals surface area contributed by atoms with Crippen molar-refractivity contribution in [2.75, 3.05) is 0 Å². The summed E-state index contributed by atoms with van der Waals surface area (Å²) < 4.78 is 0. The molecule has 1 aromatic rings. The van der Waals surface area contributed by atoms with Crippen LogP contribution in [0.15, 0.2) is 16.7 Å². The van der Waals surface area contributed by atoms with Crippen molar-refractivity contribution in [1.82, 2.24) is 15.3 Å². The molecule has 3 rings (SSSR count). The van der Waals surface area contributed by atoms with Crippen molar-refractivity contribution in [1.29, 1.82) is 0 Å². The van der Waals surface area contributed by atoms with Gasteiger partial charge in [-0.05, 0) is 12.8 Å². The number of aromatic nitrogens is 1. The minimum absolute atomic E-state index is 0.0716. The lowest BCUT2D eigenvalue weighted by Crippen LogP contribution is -2.41. The molecule has 1 N–H and O–H groups in total. The molecule has 1 saturated carbocycles. The highest BCUT2D eigenvalue weighted by Gasteiger charge is 2.35. The number of hydrazone groups is 1. The number of nitrogens with zero attached hydrogens (tertiary/aromatic N) is 3. The highest BCUT2D eigenvalue weighted by molar-refractivity contribution is 7.09. The van der Waals surface area contributed by atoms with Gasteiger partial charge in [-0.1, -0.05) is 0 Å². The first kappa shape index (κ1) is 12.3. The number of thiazole rings is 1. The average Bonchev–Trinajstić information content (AvgIpc) is 3.13. The lowest BCUT2D eigenvalue weighted by molar-refractivity contribution is -0.125. The molecule has 100 valence electrons. The Morgan fingerprint density at radius 3 is 2.89 bits per heavy atom. The maximum atomic E-state index is 12.4. The monoisotopic (exact) mass is 278 g/mol. The van der Waals surface area contributed by atoms with E-state index < -0.39 is 0 Å². The largest absolute Gasteiger partial charge is 0.328 e. The third kappa shape index (κ3) is 2.81. The van der Waals surface area contributed by atoms with Crippen LogP contribution in [0.2, 0.25) is 0 Å². The number of carbonyl (C=O) groups is 2. The fraction of sp³-hybridized carbons (Fsp3) is 0.500. The summed E-state index contributed by atoms with van der Waals surface area (Å²) >= 11 is 1.55. The summed E-state index contributed by atoms with van der Waals surface area (Å²) in [4.78, 5) is 29.5. The number of hydrogen-bond donors (Lipinski definition) is 1. The molecule has 6 nitrogen and oxygen atoms in total. The SMILES string of the molecule is O=C1CCC(C(=O)N(Cc2nccs2)C2CC2)=NN1. The zero-order valence-corrected chi connectivity index (χ0v) is 11.2. The Bertz CT molecular complexity index is 522. The molecule has 0 bridgehead atoms. The van der Waals surface area contributed by atoms with Crippen molar-refractivity contribution in [2.24, 2.45) is 5.10 Å². The molecule has 19 heavy (non-hydrogen) atoms. The van der Waals surface area contributed by atoms with Crippen molar-refractivity contribution in [3.63, 3.8) is 0 Å². The van der Waals surface area contributed by atoms with E-state index in [1.54, 1.807) is 17.5 Å². The Hall–Kier alpha value is -1.76. The molecule has 7 heteroatoms. The van der Waals surface area contributed by atoms with Gasteiger partial charge in [0.1, 0.15) is 10.7 Å². The molecule has 0 atom stereocenters. The molecule has 2 heterocycles. The van der Waals surface area contributed by atoms with Gasteiger partial charge in [-0.25, -0.2) is 10.4 Å². The molecule has 0 aromatic carbocycles. The molecule has 2 amide bonds. The molecular weight excluding hydrogens is 264 g/mol. The van der Waals surface area contributed by atoms with Crippen LogP contribution in [0, 0.1) is 0 Å². The second-order valence-electron chi connectivity index (χ2n) is 4.68. The predicted molar refractivity (Wildman–Crippen MR) is 70.5 cm³/mol. The Labute approximate surface area is 114 Å². The topological polar surface area (TPSA) is 74.7 Å². The molecule has 0 saturated heterocycles. The zero-order chi connectivity index (χ0) is 13.2. The summed E-state index contributed by atoms with van der Waals surface area (Å²) in [5, 5.41) is 6.72. The minimum atomic E-state index is -0.130. The Morgan fingerprint density at radius 1 is 1.47 bits per heavy atom. The highest BCUT2D eigenvalue weighted by atomic mass is 32.1. The number of nitrogens with one attached hydrogen (secondary N) is 1. The molecule has 2 aliphatic rings. The van der Waals surface area contributed by atoms with Crippen molar-refractivity contribution < 1.29 is 9.59 Å². The second-order valence-corrected chi connectivity index (χ2v) is 5.66. The number of rotatable bonds is 4. The molecular formula is C12H14N4O2S. The van der Waals surface area contributed by atoms with Crippen LogP contribution < -0.4 is 5.43 Å². The van der Waals surface area contributed by atoms with E-state index in [9.17, 15) is 9.59 Å². The van der Waals surface area contributed by atoms with Gasteiger partial charge in [-0.3, -0.25) is 9.59 Å². The van der Waals surface area contributed by atoms with Crippen LogP contribution in [-0.4, -0.2) is 33.5 Å². The molecule has 0 unspecified atom stereocenters. The molecule has 1 fully saturated rings. The summed E-state index contributed by atoms with van der Waals surface area (Å²) in [7, 11) is 0. The Morgan fingerprint density at radius 2 is 2.32 bits per heavy atom. The minimum Gasteiger partial charge on any atom is -0.328 e. The van der Waals surface area contributed by atoms with E-state index in [4.69, 9.17) is 0 Å².